The first-order chi connectivity index (χ1) is 11.6. The van der Waals surface area contributed by atoms with E-state index in [1.807, 2.05) is 18.2 Å². The second kappa shape index (κ2) is 9.48. The van der Waals surface area contributed by atoms with Gasteiger partial charge in [-0.1, -0.05) is 75.4 Å². The molecule has 0 aliphatic heterocycles. The molecule has 4 heteroatoms. The van der Waals surface area contributed by atoms with Crippen molar-refractivity contribution in [2.75, 3.05) is 0 Å². The van der Waals surface area contributed by atoms with Crippen LogP contribution in [0.15, 0.2) is 59.5 Å². The quantitative estimate of drug-likeness (QED) is 0.430. The molecule has 2 aromatic rings. The van der Waals surface area contributed by atoms with Gasteiger partial charge in [0.25, 0.3) is 0 Å². The zero-order chi connectivity index (χ0) is 17.3. The second-order valence-corrected chi connectivity index (χ2v) is 7.49. The van der Waals surface area contributed by atoms with E-state index in [0.29, 0.717) is 5.75 Å². The van der Waals surface area contributed by atoms with E-state index in [1.54, 1.807) is 36.4 Å². The fourth-order valence-corrected chi connectivity index (χ4v) is 3.89. The lowest BCUT2D eigenvalue weighted by Crippen LogP contribution is -2.12. The maximum absolute atomic E-state index is 12.6. The molecular weight excluding hydrogens is 320 g/mol. The lowest BCUT2D eigenvalue weighted by molar-refractivity contribution is 0.484. The lowest BCUT2D eigenvalue weighted by atomic mass is 10.1. The Labute approximate surface area is 145 Å². The van der Waals surface area contributed by atoms with Crippen LogP contribution in [0.25, 0.3) is 0 Å². The van der Waals surface area contributed by atoms with Gasteiger partial charge in [-0.15, -0.1) is 0 Å². The van der Waals surface area contributed by atoms with Crippen molar-refractivity contribution in [2.24, 2.45) is 0 Å². The topological polar surface area (TPSA) is 43.4 Å². The monoisotopic (exact) mass is 346 g/mol. The molecule has 2 aromatic carbocycles. The van der Waals surface area contributed by atoms with E-state index < -0.39 is 10.1 Å². The van der Waals surface area contributed by atoms with Crippen molar-refractivity contribution >= 4 is 10.1 Å². The summed E-state index contributed by atoms with van der Waals surface area (Å²) in [7, 11) is -3.80. The Bertz CT molecular complexity index is 709. The fraction of sp³-hybridized carbons (Fsp3) is 0.400. The summed E-state index contributed by atoms with van der Waals surface area (Å²) in [6.07, 6.45) is 7.87. The van der Waals surface area contributed by atoms with E-state index in [0.717, 1.165) is 24.8 Å². The van der Waals surface area contributed by atoms with Crippen LogP contribution >= 0.6 is 0 Å². The van der Waals surface area contributed by atoms with Gasteiger partial charge in [-0.05, 0) is 36.6 Å². The average molecular weight is 346 g/mol. The number of hydrogen-bond acceptors (Lipinski definition) is 3. The first-order valence-electron chi connectivity index (χ1n) is 8.71. The number of para-hydroxylation sites is 1. The molecule has 0 atom stereocenters. The third-order valence-electron chi connectivity index (χ3n) is 3.99. The predicted octanol–water partition coefficient (Wildman–Crippen LogP) is 5.36. The summed E-state index contributed by atoms with van der Waals surface area (Å²) in [5.74, 6) is 0.340. The molecule has 0 aromatic heterocycles. The summed E-state index contributed by atoms with van der Waals surface area (Å²) in [5, 5.41) is 0. The van der Waals surface area contributed by atoms with Gasteiger partial charge in [-0.2, -0.15) is 8.42 Å². The van der Waals surface area contributed by atoms with Crippen LogP contribution in [0.1, 0.15) is 51.0 Å². The third kappa shape index (κ3) is 5.68. The maximum Gasteiger partial charge on any atom is 0.339 e. The summed E-state index contributed by atoms with van der Waals surface area (Å²) >= 11 is 0. The molecule has 0 radical (unpaired) electrons. The number of benzene rings is 2. The van der Waals surface area contributed by atoms with Crippen molar-refractivity contribution in [3.8, 4) is 5.75 Å². The molecule has 2 rings (SSSR count). The molecule has 0 bridgehead atoms. The average Bonchev–Trinajstić information content (AvgIpc) is 2.59. The van der Waals surface area contributed by atoms with Crippen LogP contribution in [0.4, 0.5) is 0 Å². The van der Waals surface area contributed by atoms with Gasteiger partial charge in [-0.3, -0.25) is 0 Å². The number of unbranched alkanes of at least 4 members (excludes halogenated alkanes) is 5. The highest BCUT2D eigenvalue weighted by molar-refractivity contribution is 7.87. The van der Waals surface area contributed by atoms with Crippen molar-refractivity contribution in [1.29, 1.82) is 0 Å². The smallest absolute Gasteiger partial charge is 0.339 e. The lowest BCUT2D eigenvalue weighted by Gasteiger charge is -2.11. The Morgan fingerprint density at radius 3 is 2.17 bits per heavy atom. The summed E-state index contributed by atoms with van der Waals surface area (Å²) in [6, 6.07) is 15.8. The van der Waals surface area contributed by atoms with Gasteiger partial charge >= 0.3 is 10.1 Å². The molecule has 0 unspecified atom stereocenters. The van der Waals surface area contributed by atoms with E-state index in [1.165, 1.54) is 25.7 Å². The van der Waals surface area contributed by atoms with Gasteiger partial charge < -0.3 is 4.18 Å². The van der Waals surface area contributed by atoms with Crippen LogP contribution in [0.2, 0.25) is 0 Å². The van der Waals surface area contributed by atoms with Gasteiger partial charge in [0.2, 0.25) is 0 Å². The van der Waals surface area contributed by atoms with Gasteiger partial charge in [0.15, 0.2) is 0 Å². The van der Waals surface area contributed by atoms with Crippen LogP contribution in [0.5, 0.6) is 5.75 Å². The Kier molecular flexibility index (Phi) is 7.32. The predicted molar refractivity (Wildman–Crippen MR) is 97.8 cm³/mol. The molecule has 0 aliphatic rings. The zero-order valence-electron chi connectivity index (χ0n) is 14.3. The largest absolute Gasteiger partial charge is 0.379 e. The van der Waals surface area contributed by atoms with Crippen LogP contribution in [-0.4, -0.2) is 8.42 Å². The van der Waals surface area contributed by atoms with E-state index in [4.69, 9.17) is 4.18 Å². The van der Waals surface area contributed by atoms with Crippen molar-refractivity contribution in [1.82, 2.24) is 0 Å². The van der Waals surface area contributed by atoms with Crippen LogP contribution in [-0.2, 0) is 16.5 Å². The minimum atomic E-state index is -3.80. The standard InChI is InChI=1S/C20H26O3S/c1-2-3-4-5-6-8-13-18-14-11-12-17-20(18)24(21,22)23-19-15-9-7-10-16-19/h7,9-12,14-17H,2-6,8,13H2,1H3. The van der Waals surface area contributed by atoms with Gasteiger partial charge in [0.05, 0.1) is 0 Å². The molecule has 0 spiro atoms. The molecule has 130 valence electrons. The normalized spacial score (nSPS) is 11.4. The highest BCUT2D eigenvalue weighted by Crippen LogP contribution is 2.23. The SMILES string of the molecule is CCCCCCCCc1ccccc1S(=O)(=O)Oc1ccccc1. The number of aryl methyl sites for hydroxylation is 1. The Hall–Kier alpha value is -1.81. The highest BCUT2D eigenvalue weighted by atomic mass is 32.2. The maximum atomic E-state index is 12.6. The molecule has 24 heavy (non-hydrogen) atoms. The number of rotatable bonds is 10. The summed E-state index contributed by atoms with van der Waals surface area (Å²) in [5.41, 5.74) is 0.837. The summed E-state index contributed by atoms with van der Waals surface area (Å²) < 4.78 is 30.4. The van der Waals surface area contributed by atoms with Crippen molar-refractivity contribution in [3.05, 3.63) is 60.2 Å². The highest BCUT2D eigenvalue weighted by Gasteiger charge is 2.20. The molecule has 0 saturated heterocycles. The first kappa shape index (κ1) is 18.5. The van der Waals surface area contributed by atoms with Crippen LogP contribution < -0.4 is 4.18 Å². The van der Waals surface area contributed by atoms with Crippen LogP contribution in [0.3, 0.4) is 0 Å². The van der Waals surface area contributed by atoms with E-state index in [-0.39, 0.29) is 4.90 Å². The van der Waals surface area contributed by atoms with Gasteiger partial charge in [0.1, 0.15) is 10.6 Å². The van der Waals surface area contributed by atoms with E-state index in [2.05, 4.69) is 6.92 Å². The zero-order valence-corrected chi connectivity index (χ0v) is 15.1. The number of hydrogen-bond donors (Lipinski definition) is 0. The first-order valence-corrected chi connectivity index (χ1v) is 10.1. The molecule has 0 aliphatic carbocycles. The molecule has 0 heterocycles. The molecule has 0 saturated carbocycles. The minimum absolute atomic E-state index is 0.280. The van der Waals surface area contributed by atoms with Gasteiger partial charge in [0, 0.05) is 0 Å². The Morgan fingerprint density at radius 1 is 0.792 bits per heavy atom. The fourth-order valence-electron chi connectivity index (χ4n) is 2.70. The van der Waals surface area contributed by atoms with E-state index in [9.17, 15) is 8.42 Å². The molecule has 0 fully saturated rings. The summed E-state index contributed by atoms with van der Waals surface area (Å²) in [6.45, 7) is 2.20. The third-order valence-corrected chi connectivity index (χ3v) is 5.34. The van der Waals surface area contributed by atoms with Crippen molar-refractivity contribution < 1.29 is 12.6 Å². The van der Waals surface area contributed by atoms with E-state index >= 15 is 0 Å². The van der Waals surface area contributed by atoms with Crippen molar-refractivity contribution in [3.63, 3.8) is 0 Å². The molecular formula is C20H26O3S. The minimum Gasteiger partial charge on any atom is -0.379 e. The van der Waals surface area contributed by atoms with Gasteiger partial charge in [-0.25, -0.2) is 0 Å². The van der Waals surface area contributed by atoms with Crippen LogP contribution in [0, 0.1) is 0 Å². The molecule has 0 N–H and O–H groups in total. The second-order valence-electron chi connectivity index (χ2n) is 5.98. The molecule has 3 nitrogen and oxygen atoms in total. The molecule has 0 amide bonds. The van der Waals surface area contributed by atoms with Crippen molar-refractivity contribution in [2.45, 2.75) is 56.8 Å². The Balaban J connectivity index is 2.02. The Morgan fingerprint density at radius 2 is 1.42 bits per heavy atom. The summed E-state index contributed by atoms with van der Waals surface area (Å²) in [4.78, 5) is 0.280.